The van der Waals surface area contributed by atoms with Gasteiger partial charge in [-0.15, -0.1) is 5.10 Å². The maximum atomic E-state index is 4.55. The minimum atomic E-state index is 0.0462. The molecule has 2 heterocycles. The van der Waals surface area contributed by atoms with Gasteiger partial charge in [0.25, 0.3) is 0 Å². The molecule has 18 heavy (non-hydrogen) atoms. The van der Waals surface area contributed by atoms with E-state index in [9.17, 15) is 0 Å². The Morgan fingerprint density at radius 3 is 2.72 bits per heavy atom. The van der Waals surface area contributed by atoms with Crippen LogP contribution in [0.2, 0.25) is 0 Å². The SMILES string of the molecule is CCNC(c1cc(C)n(C)n1)c1cnnn1CC. The zero-order valence-corrected chi connectivity index (χ0v) is 11.4. The van der Waals surface area contributed by atoms with Gasteiger partial charge in [0.2, 0.25) is 0 Å². The lowest BCUT2D eigenvalue weighted by Gasteiger charge is -2.16. The molecule has 0 amide bonds. The number of aryl methyl sites for hydroxylation is 3. The van der Waals surface area contributed by atoms with E-state index in [-0.39, 0.29) is 6.04 Å². The van der Waals surface area contributed by atoms with E-state index in [1.54, 1.807) is 6.20 Å². The minimum absolute atomic E-state index is 0.0462. The minimum Gasteiger partial charge on any atom is -0.304 e. The van der Waals surface area contributed by atoms with Crippen LogP contribution in [0.15, 0.2) is 12.3 Å². The molecule has 6 heteroatoms. The second kappa shape index (κ2) is 5.30. The highest BCUT2D eigenvalue weighted by Crippen LogP contribution is 2.20. The van der Waals surface area contributed by atoms with Crippen molar-refractivity contribution in [3.63, 3.8) is 0 Å². The molecule has 0 spiro atoms. The van der Waals surface area contributed by atoms with E-state index in [1.807, 2.05) is 16.4 Å². The largest absolute Gasteiger partial charge is 0.304 e. The summed E-state index contributed by atoms with van der Waals surface area (Å²) < 4.78 is 3.79. The Morgan fingerprint density at radius 1 is 1.39 bits per heavy atom. The summed E-state index contributed by atoms with van der Waals surface area (Å²) in [6.07, 6.45) is 1.81. The molecule has 0 aromatic carbocycles. The second-order valence-electron chi connectivity index (χ2n) is 4.30. The first-order valence-corrected chi connectivity index (χ1v) is 6.29. The van der Waals surface area contributed by atoms with Crippen molar-refractivity contribution < 1.29 is 0 Å². The van der Waals surface area contributed by atoms with Gasteiger partial charge in [-0.1, -0.05) is 12.1 Å². The third-order valence-corrected chi connectivity index (χ3v) is 3.08. The van der Waals surface area contributed by atoms with E-state index in [1.165, 1.54) is 0 Å². The Kier molecular flexibility index (Phi) is 3.76. The van der Waals surface area contributed by atoms with Crippen LogP contribution in [0, 0.1) is 6.92 Å². The van der Waals surface area contributed by atoms with Crippen LogP contribution in [0.4, 0.5) is 0 Å². The van der Waals surface area contributed by atoms with Crippen LogP contribution in [-0.2, 0) is 13.6 Å². The molecule has 1 atom stereocenters. The van der Waals surface area contributed by atoms with Crippen molar-refractivity contribution >= 4 is 0 Å². The highest BCUT2D eigenvalue weighted by atomic mass is 15.4. The predicted molar refractivity (Wildman–Crippen MR) is 69.2 cm³/mol. The van der Waals surface area contributed by atoms with Crippen molar-refractivity contribution in [1.82, 2.24) is 30.1 Å². The average molecular weight is 248 g/mol. The van der Waals surface area contributed by atoms with Gasteiger partial charge in [0, 0.05) is 19.3 Å². The van der Waals surface area contributed by atoms with Gasteiger partial charge in [-0.2, -0.15) is 5.10 Å². The number of hydrogen-bond acceptors (Lipinski definition) is 4. The van der Waals surface area contributed by atoms with E-state index < -0.39 is 0 Å². The van der Waals surface area contributed by atoms with E-state index >= 15 is 0 Å². The first-order chi connectivity index (χ1) is 8.67. The van der Waals surface area contributed by atoms with E-state index in [0.29, 0.717) is 0 Å². The fourth-order valence-corrected chi connectivity index (χ4v) is 2.03. The molecular weight excluding hydrogens is 228 g/mol. The van der Waals surface area contributed by atoms with Crippen LogP contribution in [-0.4, -0.2) is 31.3 Å². The predicted octanol–water partition coefficient (Wildman–Crippen LogP) is 1.04. The molecule has 98 valence electrons. The summed E-state index contributed by atoms with van der Waals surface area (Å²) in [5.74, 6) is 0. The normalized spacial score (nSPS) is 12.9. The Labute approximate surface area is 107 Å². The molecule has 0 bridgehead atoms. The summed E-state index contributed by atoms with van der Waals surface area (Å²) in [7, 11) is 1.96. The monoisotopic (exact) mass is 248 g/mol. The molecular formula is C12H20N6. The number of aromatic nitrogens is 5. The van der Waals surface area contributed by atoms with Crippen molar-refractivity contribution in [2.45, 2.75) is 33.4 Å². The fraction of sp³-hybridized carbons (Fsp3) is 0.583. The van der Waals surface area contributed by atoms with Gasteiger partial charge in [-0.05, 0) is 26.5 Å². The van der Waals surface area contributed by atoms with Crippen molar-refractivity contribution in [3.05, 3.63) is 29.3 Å². The lowest BCUT2D eigenvalue weighted by molar-refractivity contribution is 0.522. The molecule has 6 nitrogen and oxygen atoms in total. The molecule has 0 saturated heterocycles. The summed E-state index contributed by atoms with van der Waals surface area (Å²) in [4.78, 5) is 0. The quantitative estimate of drug-likeness (QED) is 0.859. The van der Waals surface area contributed by atoms with Gasteiger partial charge in [-0.25, -0.2) is 4.68 Å². The summed E-state index contributed by atoms with van der Waals surface area (Å²) in [5.41, 5.74) is 3.20. The van der Waals surface area contributed by atoms with Crippen molar-refractivity contribution in [1.29, 1.82) is 0 Å². The summed E-state index contributed by atoms with van der Waals surface area (Å²) in [6.45, 7) is 7.88. The highest BCUT2D eigenvalue weighted by Gasteiger charge is 2.20. The van der Waals surface area contributed by atoms with Crippen LogP contribution < -0.4 is 5.32 Å². The molecule has 0 saturated carbocycles. The van der Waals surface area contributed by atoms with Crippen molar-refractivity contribution in [3.8, 4) is 0 Å². The maximum Gasteiger partial charge on any atom is 0.0957 e. The van der Waals surface area contributed by atoms with Crippen LogP contribution in [0.5, 0.6) is 0 Å². The van der Waals surface area contributed by atoms with Gasteiger partial charge >= 0.3 is 0 Å². The average Bonchev–Trinajstić information content (AvgIpc) is 2.94. The Bertz CT molecular complexity index is 493. The van der Waals surface area contributed by atoms with Crippen LogP contribution in [0.25, 0.3) is 0 Å². The Morgan fingerprint density at radius 2 is 2.17 bits per heavy atom. The Hall–Kier alpha value is -1.69. The van der Waals surface area contributed by atoms with Gasteiger partial charge in [0.1, 0.15) is 0 Å². The van der Waals surface area contributed by atoms with Gasteiger partial charge < -0.3 is 5.32 Å². The third kappa shape index (κ3) is 2.28. The molecule has 0 fully saturated rings. The lowest BCUT2D eigenvalue weighted by atomic mass is 10.1. The maximum absolute atomic E-state index is 4.55. The Balaban J connectivity index is 2.39. The van der Waals surface area contributed by atoms with Crippen molar-refractivity contribution in [2.75, 3.05) is 6.54 Å². The second-order valence-corrected chi connectivity index (χ2v) is 4.30. The molecule has 2 rings (SSSR count). The number of rotatable bonds is 5. The number of hydrogen-bond donors (Lipinski definition) is 1. The molecule has 0 radical (unpaired) electrons. The molecule has 0 aliphatic heterocycles. The lowest BCUT2D eigenvalue weighted by Crippen LogP contribution is -2.25. The summed E-state index contributed by atoms with van der Waals surface area (Å²) in [6, 6.07) is 2.14. The molecule has 2 aromatic heterocycles. The molecule has 0 aliphatic carbocycles. The smallest absolute Gasteiger partial charge is 0.0957 e. The molecule has 2 aromatic rings. The van der Waals surface area contributed by atoms with E-state index in [0.717, 1.165) is 30.2 Å². The van der Waals surface area contributed by atoms with Gasteiger partial charge in [0.15, 0.2) is 0 Å². The molecule has 1 N–H and O–H groups in total. The van der Waals surface area contributed by atoms with Crippen LogP contribution in [0.3, 0.4) is 0 Å². The molecule has 0 aliphatic rings. The number of nitrogens with zero attached hydrogens (tertiary/aromatic N) is 5. The summed E-state index contributed by atoms with van der Waals surface area (Å²) in [5, 5.41) is 16.1. The molecule has 1 unspecified atom stereocenters. The first kappa shape index (κ1) is 12.8. The highest BCUT2D eigenvalue weighted by molar-refractivity contribution is 5.21. The fourth-order valence-electron chi connectivity index (χ4n) is 2.03. The van der Waals surface area contributed by atoms with E-state index in [2.05, 4.69) is 47.6 Å². The van der Waals surface area contributed by atoms with Gasteiger partial charge in [-0.3, -0.25) is 4.68 Å². The van der Waals surface area contributed by atoms with Crippen LogP contribution >= 0.6 is 0 Å². The first-order valence-electron chi connectivity index (χ1n) is 6.29. The van der Waals surface area contributed by atoms with Gasteiger partial charge in [0.05, 0.1) is 23.6 Å². The standard InChI is InChI=1S/C12H20N6/c1-5-13-12(10-7-9(3)17(4)15-10)11-8-14-16-18(11)6-2/h7-8,12-13H,5-6H2,1-4H3. The third-order valence-electron chi connectivity index (χ3n) is 3.08. The topological polar surface area (TPSA) is 60.6 Å². The summed E-state index contributed by atoms with van der Waals surface area (Å²) >= 11 is 0. The van der Waals surface area contributed by atoms with Crippen LogP contribution in [0.1, 0.15) is 37.0 Å². The van der Waals surface area contributed by atoms with E-state index in [4.69, 9.17) is 0 Å². The van der Waals surface area contributed by atoms with Crippen molar-refractivity contribution in [2.24, 2.45) is 7.05 Å². The zero-order valence-electron chi connectivity index (χ0n) is 11.4. The number of nitrogens with one attached hydrogen (secondary N) is 1. The zero-order chi connectivity index (χ0) is 13.1.